The average Bonchev–Trinajstić information content (AvgIpc) is 2.04. The second kappa shape index (κ2) is 3.94. The molecule has 0 aliphatic rings. The number of rotatable bonds is 1. The number of aryl methyl sites for hydroxylation is 1. The van der Waals surface area contributed by atoms with Gasteiger partial charge in [0.05, 0.1) is 11.4 Å². The highest BCUT2D eigenvalue weighted by Gasteiger charge is 1.97. The molecule has 1 heterocycles. The van der Waals surface area contributed by atoms with Gasteiger partial charge >= 0.3 is 0 Å². The van der Waals surface area contributed by atoms with Gasteiger partial charge in [0.15, 0.2) is 0 Å². The van der Waals surface area contributed by atoms with Crippen molar-refractivity contribution in [1.29, 1.82) is 5.41 Å². The Morgan fingerprint density at radius 3 is 2.54 bits per heavy atom. The van der Waals surface area contributed by atoms with E-state index in [1.165, 1.54) is 0 Å². The Morgan fingerprint density at radius 2 is 2.08 bits per heavy atom. The third-order valence-corrected chi connectivity index (χ3v) is 1.62. The maximum Gasteiger partial charge on any atom is 0.117 e. The SMILES string of the molecule is CC(=N)/N=C(\C)c1ccc(C)cn1. The summed E-state index contributed by atoms with van der Waals surface area (Å²) in [5.41, 5.74) is 2.74. The van der Waals surface area contributed by atoms with E-state index in [0.29, 0.717) is 5.84 Å². The first-order chi connectivity index (χ1) is 6.09. The number of nitrogens with one attached hydrogen (secondary N) is 1. The molecule has 0 spiro atoms. The lowest BCUT2D eigenvalue weighted by Gasteiger charge is -1.99. The number of pyridine rings is 1. The highest BCUT2D eigenvalue weighted by atomic mass is 14.8. The lowest BCUT2D eigenvalue weighted by atomic mass is 10.2. The quantitative estimate of drug-likeness (QED) is 0.516. The van der Waals surface area contributed by atoms with Crippen molar-refractivity contribution in [3.8, 4) is 0 Å². The zero-order chi connectivity index (χ0) is 9.84. The van der Waals surface area contributed by atoms with Crippen molar-refractivity contribution in [3.63, 3.8) is 0 Å². The van der Waals surface area contributed by atoms with Gasteiger partial charge in [-0.25, -0.2) is 4.99 Å². The number of hydrogen-bond donors (Lipinski definition) is 1. The van der Waals surface area contributed by atoms with Crippen molar-refractivity contribution in [2.75, 3.05) is 0 Å². The van der Waals surface area contributed by atoms with Gasteiger partial charge in [-0.2, -0.15) is 0 Å². The summed E-state index contributed by atoms with van der Waals surface area (Å²) in [5.74, 6) is 0.305. The fraction of sp³-hybridized carbons (Fsp3) is 0.300. The average molecular weight is 175 g/mol. The normalized spacial score (nSPS) is 11.5. The summed E-state index contributed by atoms with van der Waals surface area (Å²) in [4.78, 5) is 8.22. The van der Waals surface area contributed by atoms with Crippen LogP contribution in [0.2, 0.25) is 0 Å². The van der Waals surface area contributed by atoms with Crippen LogP contribution < -0.4 is 0 Å². The lowest BCUT2D eigenvalue weighted by Crippen LogP contribution is -2.00. The predicted octanol–water partition coefficient (Wildman–Crippen LogP) is 2.20. The largest absolute Gasteiger partial charge is 0.287 e. The van der Waals surface area contributed by atoms with E-state index < -0.39 is 0 Å². The molecule has 1 aromatic heterocycles. The van der Waals surface area contributed by atoms with Crippen LogP contribution in [0.3, 0.4) is 0 Å². The van der Waals surface area contributed by atoms with Crippen LogP contribution in [0.25, 0.3) is 0 Å². The third kappa shape index (κ3) is 2.78. The topological polar surface area (TPSA) is 49.1 Å². The van der Waals surface area contributed by atoms with Gasteiger partial charge in [0.1, 0.15) is 5.84 Å². The maximum absolute atomic E-state index is 7.20. The molecule has 0 saturated carbocycles. The highest BCUT2D eigenvalue weighted by molar-refractivity contribution is 6.03. The molecule has 0 amide bonds. The molecule has 0 bridgehead atoms. The Kier molecular flexibility index (Phi) is 2.90. The molecular weight excluding hydrogens is 162 g/mol. The first-order valence-electron chi connectivity index (χ1n) is 4.13. The minimum absolute atomic E-state index is 0.305. The van der Waals surface area contributed by atoms with Crippen LogP contribution >= 0.6 is 0 Å². The molecular formula is C10H13N3. The van der Waals surface area contributed by atoms with Gasteiger partial charge in [-0.3, -0.25) is 10.4 Å². The molecule has 68 valence electrons. The van der Waals surface area contributed by atoms with Crippen molar-refractivity contribution in [3.05, 3.63) is 29.6 Å². The van der Waals surface area contributed by atoms with E-state index in [-0.39, 0.29) is 0 Å². The van der Waals surface area contributed by atoms with Crippen LogP contribution in [-0.4, -0.2) is 16.5 Å². The predicted molar refractivity (Wildman–Crippen MR) is 54.6 cm³/mol. The van der Waals surface area contributed by atoms with E-state index in [2.05, 4.69) is 9.98 Å². The molecule has 0 aromatic carbocycles. The molecule has 1 rings (SSSR count). The maximum atomic E-state index is 7.20. The standard InChI is InChI=1S/C10H13N3/c1-7-4-5-10(12-6-7)8(2)13-9(3)11/h4-6,11H,1-3H3/b11-9?,13-8+. The van der Waals surface area contributed by atoms with E-state index in [9.17, 15) is 0 Å². The van der Waals surface area contributed by atoms with Crippen LogP contribution in [0.15, 0.2) is 23.3 Å². The Morgan fingerprint density at radius 1 is 1.38 bits per heavy atom. The number of hydrogen-bond acceptors (Lipinski definition) is 2. The summed E-state index contributed by atoms with van der Waals surface area (Å²) in [6, 6.07) is 3.90. The molecule has 0 saturated heterocycles. The molecule has 0 fully saturated rings. The Bertz CT molecular complexity index is 336. The van der Waals surface area contributed by atoms with E-state index in [4.69, 9.17) is 5.41 Å². The monoisotopic (exact) mass is 175 g/mol. The summed E-state index contributed by atoms with van der Waals surface area (Å²) < 4.78 is 0. The summed E-state index contributed by atoms with van der Waals surface area (Å²) in [7, 11) is 0. The van der Waals surface area contributed by atoms with Crippen LogP contribution in [0.4, 0.5) is 0 Å². The summed E-state index contributed by atoms with van der Waals surface area (Å²) in [5, 5.41) is 7.20. The van der Waals surface area contributed by atoms with Crippen LogP contribution in [0, 0.1) is 12.3 Å². The van der Waals surface area contributed by atoms with Crippen molar-refractivity contribution in [2.45, 2.75) is 20.8 Å². The van der Waals surface area contributed by atoms with Gasteiger partial charge < -0.3 is 0 Å². The zero-order valence-corrected chi connectivity index (χ0v) is 8.13. The van der Waals surface area contributed by atoms with Crippen LogP contribution in [0.5, 0.6) is 0 Å². The van der Waals surface area contributed by atoms with Crippen LogP contribution in [0.1, 0.15) is 25.1 Å². The van der Waals surface area contributed by atoms with Gasteiger partial charge in [0.2, 0.25) is 0 Å². The molecule has 0 aliphatic carbocycles. The van der Waals surface area contributed by atoms with Gasteiger partial charge in [0.25, 0.3) is 0 Å². The van der Waals surface area contributed by atoms with E-state index >= 15 is 0 Å². The Labute approximate surface area is 78.1 Å². The highest BCUT2D eigenvalue weighted by Crippen LogP contribution is 2.00. The van der Waals surface area contributed by atoms with Gasteiger partial charge in [0, 0.05) is 6.20 Å². The van der Waals surface area contributed by atoms with Crippen LogP contribution in [-0.2, 0) is 0 Å². The molecule has 3 nitrogen and oxygen atoms in total. The molecule has 1 N–H and O–H groups in total. The van der Waals surface area contributed by atoms with Gasteiger partial charge in [-0.15, -0.1) is 0 Å². The van der Waals surface area contributed by atoms with Crippen molar-refractivity contribution < 1.29 is 0 Å². The molecule has 13 heavy (non-hydrogen) atoms. The molecule has 1 aromatic rings. The van der Waals surface area contributed by atoms with Gasteiger partial charge in [-0.05, 0) is 32.4 Å². The van der Waals surface area contributed by atoms with Crippen molar-refractivity contribution >= 4 is 11.5 Å². The molecule has 0 aliphatic heterocycles. The summed E-state index contributed by atoms with van der Waals surface area (Å²) >= 11 is 0. The van der Waals surface area contributed by atoms with Crippen molar-refractivity contribution in [1.82, 2.24) is 4.98 Å². The fourth-order valence-corrected chi connectivity index (χ4v) is 0.991. The first-order valence-corrected chi connectivity index (χ1v) is 4.13. The summed E-state index contributed by atoms with van der Waals surface area (Å²) in [6.07, 6.45) is 1.80. The molecule has 0 atom stereocenters. The molecule has 0 unspecified atom stereocenters. The van der Waals surface area contributed by atoms with Gasteiger partial charge in [-0.1, -0.05) is 6.07 Å². The minimum atomic E-state index is 0.305. The summed E-state index contributed by atoms with van der Waals surface area (Å²) in [6.45, 7) is 5.50. The van der Waals surface area contributed by atoms with E-state index in [0.717, 1.165) is 17.0 Å². The van der Waals surface area contributed by atoms with Crippen molar-refractivity contribution in [2.24, 2.45) is 4.99 Å². The Balaban J connectivity index is 2.96. The third-order valence-electron chi connectivity index (χ3n) is 1.62. The zero-order valence-electron chi connectivity index (χ0n) is 8.13. The minimum Gasteiger partial charge on any atom is -0.287 e. The fourth-order valence-electron chi connectivity index (χ4n) is 0.991. The second-order valence-electron chi connectivity index (χ2n) is 3.00. The number of nitrogens with zero attached hydrogens (tertiary/aromatic N) is 2. The second-order valence-corrected chi connectivity index (χ2v) is 3.00. The number of amidine groups is 1. The molecule has 3 heteroatoms. The Hall–Kier alpha value is -1.51. The van der Waals surface area contributed by atoms with E-state index in [1.54, 1.807) is 13.1 Å². The number of aliphatic imine (C=N–C) groups is 1. The lowest BCUT2D eigenvalue weighted by molar-refractivity contribution is 1.23. The first kappa shape index (κ1) is 9.58. The molecule has 0 radical (unpaired) electrons. The smallest absolute Gasteiger partial charge is 0.117 e. The number of aromatic nitrogens is 1. The van der Waals surface area contributed by atoms with E-state index in [1.807, 2.05) is 26.0 Å².